The van der Waals surface area contributed by atoms with Crippen LogP contribution >= 0.6 is 0 Å². The van der Waals surface area contributed by atoms with Crippen molar-refractivity contribution in [3.05, 3.63) is 77.6 Å². The molecule has 0 saturated carbocycles. The molecule has 7 N–H and O–H groups in total. The fraction of sp³-hybridized carbons (Fsp3) is 0. The predicted octanol–water partition coefficient (Wildman–Crippen LogP) is 1.02. The number of aromatic nitrogens is 7. The van der Waals surface area contributed by atoms with Crippen LogP contribution in [0.4, 0.5) is 0 Å². The molecule has 1 amide bonds. The Kier molecular flexibility index (Phi) is 6.96. The van der Waals surface area contributed by atoms with Crippen LogP contribution in [0.25, 0.3) is 34.2 Å². The predicted molar refractivity (Wildman–Crippen MR) is 142 cm³/mol. The highest BCUT2D eigenvalue weighted by Crippen LogP contribution is 2.26. The molecule has 42 heavy (non-hydrogen) atoms. The Morgan fingerprint density at radius 1 is 0.762 bits per heavy atom. The van der Waals surface area contributed by atoms with Crippen molar-refractivity contribution in [2.45, 2.75) is 0 Å². The number of hydrogen-bond acceptors (Lipinski definition) is 12. The van der Waals surface area contributed by atoms with Crippen molar-refractivity contribution in [3.8, 4) is 45.6 Å². The second-order valence-corrected chi connectivity index (χ2v) is 8.49. The molecule has 0 fully saturated rings. The third-order valence-corrected chi connectivity index (χ3v) is 5.82. The van der Waals surface area contributed by atoms with Gasteiger partial charge in [0.15, 0.2) is 0 Å². The van der Waals surface area contributed by atoms with Gasteiger partial charge in [-0.25, -0.2) is 23.9 Å². The first-order valence-corrected chi connectivity index (χ1v) is 11.7. The highest BCUT2D eigenvalue weighted by atomic mass is 16.4. The van der Waals surface area contributed by atoms with E-state index >= 15 is 0 Å². The minimum absolute atomic E-state index is 0.117. The lowest BCUT2D eigenvalue weighted by molar-refractivity contribution is 0.0682. The van der Waals surface area contributed by atoms with E-state index in [1.807, 2.05) is 0 Å². The summed E-state index contributed by atoms with van der Waals surface area (Å²) in [4.78, 5) is 39.7. The van der Waals surface area contributed by atoms with Gasteiger partial charge in [-0.3, -0.25) is 4.79 Å². The quantitative estimate of drug-likeness (QED) is 0.0660. The number of aromatic carboxylic acids is 2. The number of hydrogen-bond donors (Lipinski definition) is 6. The first-order chi connectivity index (χ1) is 20.1. The summed E-state index contributed by atoms with van der Waals surface area (Å²) in [5, 5.41) is 60.2. The smallest absolute Gasteiger partial charge is 0.339 e. The lowest BCUT2D eigenvalue weighted by Crippen LogP contribution is -2.22. The maximum absolute atomic E-state index is 12.8. The molecule has 0 spiro atoms. The second kappa shape index (κ2) is 10.8. The molecule has 2 aromatic carbocycles. The van der Waals surface area contributed by atoms with E-state index < -0.39 is 29.3 Å². The van der Waals surface area contributed by atoms with E-state index in [9.17, 15) is 24.6 Å². The Morgan fingerprint density at radius 3 is 1.64 bits per heavy atom. The van der Waals surface area contributed by atoms with Crippen molar-refractivity contribution >= 4 is 24.2 Å². The average molecular weight is 570 g/mol. The number of rotatable bonds is 8. The molecular weight excluding hydrogens is 552 g/mol. The summed E-state index contributed by atoms with van der Waals surface area (Å²) in [6.07, 6.45) is 3.90. The topological polar surface area (TPSA) is 257 Å². The van der Waals surface area contributed by atoms with Crippen LogP contribution in [-0.2, 0) is 0 Å². The minimum Gasteiger partial charge on any atom is -0.507 e. The zero-order valence-electron chi connectivity index (χ0n) is 21.0. The normalized spacial score (nSPS) is 11.0. The number of carboxylic acid groups (broad SMARTS) is 2. The standard InChI is InChI=1S/C25H18N10O7/c26-28-11-27-23(38)12-5-17(19-9-34(32-30-19)13-1-3-15(24(39)40)21(36)7-13)29-18(6-12)20-10-35(33-31-20)14-2-4-16(25(41)42)22(37)8-14/h1-11,36-37H,26H2,(H,39,40)(H,41,42)(H,27,28,38). The fourth-order valence-electron chi connectivity index (χ4n) is 3.80. The van der Waals surface area contributed by atoms with Gasteiger partial charge in [0.25, 0.3) is 5.91 Å². The Hall–Kier alpha value is -6.65. The number of carbonyl (C=O) groups is 3. The molecule has 0 unspecified atom stereocenters. The number of benzene rings is 2. The molecule has 0 atom stereocenters. The van der Waals surface area contributed by atoms with Gasteiger partial charge in [-0.15, -0.1) is 10.2 Å². The van der Waals surface area contributed by atoms with E-state index in [2.05, 4.69) is 36.0 Å². The monoisotopic (exact) mass is 570 g/mol. The number of carboxylic acids is 2. The van der Waals surface area contributed by atoms with Gasteiger partial charge in [0.05, 0.1) is 35.2 Å². The SMILES string of the molecule is NN=CNC(=O)c1cc(-c2cn(-c3ccc(C(=O)O)c(O)c3)nn2)nc(-c2cn(-c3ccc(C(=O)O)c(O)c3)nn2)c1. The Labute approximate surface area is 233 Å². The summed E-state index contributed by atoms with van der Waals surface area (Å²) in [5.74, 6) is 0.976. The van der Waals surface area contributed by atoms with Crippen LogP contribution in [0, 0.1) is 0 Å². The van der Waals surface area contributed by atoms with Crippen molar-refractivity contribution in [2.75, 3.05) is 0 Å². The molecule has 5 aromatic rings. The Morgan fingerprint density at radius 2 is 1.24 bits per heavy atom. The van der Waals surface area contributed by atoms with E-state index in [4.69, 9.17) is 16.1 Å². The van der Waals surface area contributed by atoms with Crippen molar-refractivity contribution in [3.63, 3.8) is 0 Å². The number of carbonyl (C=O) groups excluding carboxylic acids is 1. The van der Waals surface area contributed by atoms with Crippen LogP contribution in [0.1, 0.15) is 31.1 Å². The van der Waals surface area contributed by atoms with E-state index in [1.54, 1.807) is 0 Å². The van der Waals surface area contributed by atoms with Crippen LogP contribution in [0.5, 0.6) is 11.5 Å². The lowest BCUT2D eigenvalue weighted by atomic mass is 10.1. The molecular formula is C25H18N10O7. The molecule has 17 nitrogen and oxygen atoms in total. The number of nitrogens with one attached hydrogen (secondary N) is 1. The number of amides is 1. The van der Waals surface area contributed by atoms with E-state index in [0.29, 0.717) is 11.4 Å². The van der Waals surface area contributed by atoms with E-state index in [0.717, 1.165) is 6.34 Å². The number of nitrogens with zero attached hydrogens (tertiary/aromatic N) is 8. The first-order valence-electron chi connectivity index (χ1n) is 11.7. The Balaban J connectivity index is 1.54. The average Bonchev–Trinajstić information content (AvgIpc) is 3.66. The van der Waals surface area contributed by atoms with Crippen molar-refractivity contribution in [1.82, 2.24) is 40.3 Å². The van der Waals surface area contributed by atoms with E-state index in [-0.39, 0.29) is 39.5 Å². The van der Waals surface area contributed by atoms with Gasteiger partial charge in [0.1, 0.15) is 40.4 Å². The molecule has 5 rings (SSSR count). The van der Waals surface area contributed by atoms with Gasteiger partial charge in [-0.2, -0.15) is 5.10 Å². The van der Waals surface area contributed by atoms with Gasteiger partial charge in [-0.05, 0) is 36.4 Å². The van der Waals surface area contributed by atoms with Crippen LogP contribution < -0.4 is 11.2 Å². The maximum Gasteiger partial charge on any atom is 0.339 e. The molecule has 0 saturated heterocycles. The summed E-state index contributed by atoms with van der Waals surface area (Å²) in [6, 6.07) is 10.5. The molecule has 17 heteroatoms. The molecule has 0 aliphatic rings. The number of phenols is 2. The molecule has 0 bridgehead atoms. The summed E-state index contributed by atoms with van der Waals surface area (Å²) >= 11 is 0. The zero-order valence-corrected chi connectivity index (χ0v) is 21.0. The van der Waals surface area contributed by atoms with Crippen LogP contribution in [0.3, 0.4) is 0 Å². The van der Waals surface area contributed by atoms with Gasteiger partial charge in [0, 0.05) is 17.7 Å². The van der Waals surface area contributed by atoms with Gasteiger partial charge < -0.3 is 31.6 Å². The molecule has 3 heterocycles. The first kappa shape index (κ1) is 26.9. The van der Waals surface area contributed by atoms with Crippen LogP contribution in [-0.4, -0.2) is 79.6 Å². The van der Waals surface area contributed by atoms with Crippen molar-refractivity contribution in [1.29, 1.82) is 0 Å². The Bertz CT molecular complexity index is 1780. The number of pyridine rings is 1. The largest absolute Gasteiger partial charge is 0.507 e. The van der Waals surface area contributed by atoms with Crippen molar-refractivity contribution in [2.24, 2.45) is 10.9 Å². The van der Waals surface area contributed by atoms with Gasteiger partial charge in [-0.1, -0.05) is 10.4 Å². The molecule has 210 valence electrons. The molecule has 3 aromatic heterocycles. The summed E-state index contributed by atoms with van der Waals surface area (Å²) in [6.45, 7) is 0. The third-order valence-electron chi connectivity index (χ3n) is 5.82. The number of nitrogens with two attached hydrogens (primary N) is 1. The van der Waals surface area contributed by atoms with Gasteiger partial charge in [0.2, 0.25) is 0 Å². The van der Waals surface area contributed by atoms with Crippen LogP contribution in [0.15, 0.2) is 66.0 Å². The van der Waals surface area contributed by atoms with Crippen LogP contribution in [0.2, 0.25) is 0 Å². The molecule has 0 radical (unpaired) electrons. The van der Waals surface area contributed by atoms with Crippen molar-refractivity contribution < 1.29 is 34.8 Å². The lowest BCUT2D eigenvalue weighted by Gasteiger charge is -2.06. The minimum atomic E-state index is -1.30. The third kappa shape index (κ3) is 5.27. The summed E-state index contributed by atoms with van der Waals surface area (Å²) in [5.41, 5.74) is 0.970. The highest BCUT2D eigenvalue weighted by Gasteiger charge is 2.18. The summed E-state index contributed by atoms with van der Waals surface area (Å²) in [7, 11) is 0. The number of hydrazone groups is 1. The maximum atomic E-state index is 12.8. The number of aromatic hydroxyl groups is 2. The summed E-state index contributed by atoms with van der Waals surface area (Å²) < 4.78 is 2.55. The highest BCUT2D eigenvalue weighted by molar-refractivity contribution is 6.01. The fourth-order valence-corrected chi connectivity index (χ4v) is 3.80. The zero-order chi connectivity index (χ0) is 30.0. The molecule has 0 aliphatic heterocycles. The van der Waals surface area contributed by atoms with E-state index in [1.165, 1.54) is 70.3 Å². The van der Waals surface area contributed by atoms with Gasteiger partial charge >= 0.3 is 11.9 Å². The molecule has 0 aliphatic carbocycles. The second-order valence-electron chi connectivity index (χ2n) is 8.49.